The van der Waals surface area contributed by atoms with E-state index in [1.165, 1.54) is 23.4 Å². The Morgan fingerprint density at radius 1 is 1.40 bits per heavy atom. The van der Waals surface area contributed by atoms with E-state index in [-0.39, 0.29) is 23.9 Å². The third kappa shape index (κ3) is 3.11. The molecule has 0 aliphatic heterocycles. The second-order valence-electron chi connectivity index (χ2n) is 4.19. The van der Waals surface area contributed by atoms with Gasteiger partial charge in [-0.1, -0.05) is 15.9 Å². The molecule has 2 N–H and O–H groups in total. The summed E-state index contributed by atoms with van der Waals surface area (Å²) in [4.78, 5) is 21.2. The maximum absolute atomic E-state index is 13.7. The number of nitrogen functional groups attached to an aromatic ring is 1. The van der Waals surface area contributed by atoms with Crippen molar-refractivity contribution < 1.29 is 9.18 Å². The number of benzene rings is 1. The van der Waals surface area contributed by atoms with Gasteiger partial charge >= 0.3 is 0 Å². The molecular formula is C13H12BrFN4O. The summed E-state index contributed by atoms with van der Waals surface area (Å²) in [5.41, 5.74) is 6.07. The van der Waals surface area contributed by atoms with Crippen LogP contribution in [0.3, 0.4) is 0 Å². The molecule has 104 valence electrons. The van der Waals surface area contributed by atoms with Gasteiger partial charge in [0.05, 0.1) is 0 Å². The number of rotatable bonds is 3. The monoisotopic (exact) mass is 338 g/mol. The fraction of sp³-hybridized carbons (Fsp3) is 0.154. The van der Waals surface area contributed by atoms with Crippen LogP contribution < -0.4 is 5.73 Å². The van der Waals surface area contributed by atoms with Crippen molar-refractivity contribution in [2.24, 2.45) is 0 Å². The van der Waals surface area contributed by atoms with E-state index in [1.807, 2.05) is 0 Å². The molecule has 1 aromatic heterocycles. The van der Waals surface area contributed by atoms with Gasteiger partial charge in [-0.15, -0.1) is 0 Å². The third-order valence-corrected chi connectivity index (χ3v) is 3.18. The molecule has 0 aliphatic carbocycles. The minimum atomic E-state index is -0.407. The van der Waals surface area contributed by atoms with E-state index in [2.05, 4.69) is 25.9 Å². The maximum Gasteiger partial charge on any atom is 0.276 e. The van der Waals surface area contributed by atoms with Gasteiger partial charge in [-0.25, -0.2) is 14.4 Å². The molecular weight excluding hydrogens is 327 g/mol. The molecule has 1 aromatic carbocycles. The highest BCUT2D eigenvalue weighted by atomic mass is 79.9. The first-order valence-electron chi connectivity index (χ1n) is 5.75. The van der Waals surface area contributed by atoms with Crippen molar-refractivity contribution in [1.82, 2.24) is 14.9 Å². The van der Waals surface area contributed by atoms with E-state index in [4.69, 9.17) is 5.73 Å². The molecule has 0 bridgehead atoms. The zero-order chi connectivity index (χ0) is 14.7. The van der Waals surface area contributed by atoms with Crippen LogP contribution in [0.2, 0.25) is 0 Å². The van der Waals surface area contributed by atoms with E-state index in [0.29, 0.717) is 5.56 Å². The second kappa shape index (κ2) is 5.96. The van der Waals surface area contributed by atoms with Crippen LogP contribution in [-0.2, 0) is 6.54 Å². The molecule has 1 amide bonds. The Balaban J connectivity index is 2.20. The first kappa shape index (κ1) is 14.4. The van der Waals surface area contributed by atoms with Crippen LogP contribution in [0.5, 0.6) is 0 Å². The zero-order valence-electron chi connectivity index (χ0n) is 10.7. The van der Waals surface area contributed by atoms with Crippen molar-refractivity contribution in [3.8, 4) is 0 Å². The minimum absolute atomic E-state index is 0.0547. The Bertz CT molecular complexity index is 650. The Kier molecular flexibility index (Phi) is 4.29. The Labute approximate surface area is 123 Å². The average molecular weight is 339 g/mol. The highest BCUT2D eigenvalue weighted by Crippen LogP contribution is 2.18. The number of hydrogen-bond acceptors (Lipinski definition) is 4. The van der Waals surface area contributed by atoms with Gasteiger partial charge in [-0.3, -0.25) is 4.79 Å². The van der Waals surface area contributed by atoms with Crippen LogP contribution in [-0.4, -0.2) is 27.8 Å². The largest absolute Gasteiger partial charge is 0.382 e. The summed E-state index contributed by atoms with van der Waals surface area (Å²) >= 11 is 3.27. The van der Waals surface area contributed by atoms with Crippen molar-refractivity contribution in [2.75, 3.05) is 12.8 Å². The molecule has 0 spiro atoms. The summed E-state index contributed by atoms with van der Waals surface area (Å²) in [6.07, 6.45) is 2.79. The summed E-state index contributed by atoms with van der Waals surface area (Å²) in [7, 11) is 1.55. The Morgan fingerprint density at radius 3 is 2.80 bits per heavy atom. The standard InChI is InChI=1S/C13H12BrFN4O/c1-19(7-8-6-9(14)2-3-10(8)15)13(20)11-12(16)18-5-4-17-11/h2-6H,7H2,1H3,(H2,16,18). The number of halogens is 2. The summed E-state index contributed by atoms with van der Waals surface area (Å²) in [6, 6.07) is 4.56. The first-order chi connectivity index (χ1) is 9.49. The van der Waals surface area contributed by atoms with Crippen molar-refractivity contribution in [1.29, 1.82) is 0 Å². The van der Waals surface area contributed by atoms with Gasteiger partial charge in [0.15, 0.2) is 11.5 Å². The van der Waals surface area contributed by atoms with Crippen LogP contribution >= 0.6 is 15.9 Å². The second-order valence-corrected chi connectivity index (χ2v) is 5.10. The predicted molar refractivity (Wildman–Crippen MR) is 76.3 cm³/mol. The third-order valence-electron chi connectivity index (χ3n) is 2.69. The Hall–Kier alpha value is -2.02. The molecule has 20 heavy (non-hydrogen) atoms. The van der Waals surface area contributed by atoms with E-state index >= 15 is 0 Å². The molecule has 0 saturated heterocycles. The summed E-state index contributed by atoms with van der Waals surface area (Å²) in [6.45, 7) is 0.111. The maximum atomic E-state index is 13.7. The zero-order valence-corrected chi connectivity index (χ0v) is 12.3. The number of hydrogen-bond donors (Lipinski definition) is 1. The molecule has 0 saturated carbocycles. The summed E-state index contributed by atoms with van der Waals surface area (Å²) < 4.78 is 14.4. The highest BCUT2D eigenvalue weighted by Gasteiger charge is 2.18. The van der Waals surface area contributed by atoms with Crippen molar-refractivity contribution >= 4 is 27.7 Å². The first-order valence-corrected chi connectivity index (χ1v) is 6.54. The van der Waals surface area contributed by atoms with Gasteiger partial charge in [-0.05, 0) is 18.2 Å². The number of aromatic nitrogens is 2. The van der Waals surface area contributed by atoms with Crippen LogP contribution in [0.1, 0.15) is 16.1 Å². The lowest BCUT2D eigenvalue weighted by molar-refractivity contribution is 0.0779. The molecule has 0 aliphatic rings. The lowest BCUT2D eigenvalue weighted by Crippen LogP contribution is -2.28. The molecule has 7 heteroatoms. The molecule has 0 fully saturated rings. The van der Waals surface area contributed by atoms with Gasteiger partial charge in [0.2, 0.25) is 0 Å². The van der Waals surface area contributed by atoms with Gasteiger partial charge < -0.3 is 10.6 Å². The lowest BCUT2D eigenvalue weighted by atomic mass is 10.2. The molecule has 0 unspecified atom stereocenters. The molecule has 2 aromatic rings. The van der Waals surface area contributed by atoms with Crippen molar-refractivity contribution in [3.63, 3.8) is 0 Å². The van der Waals surface area contributed by atoms with E-state index in [1.54, 1.807) is 19.2 Å². The van der Waals surface area contributed by atoms with Crippen LogP contribution in [0.15, 0.2) is 35.1 Å². The number of carbonyl (C=O) groups is 1. The van der Waals surface area contributed by atoms with Crippen LogP contribution in [0.25, 0.3) is 0 Å². The Morgan fingerprint density at radius 2 is 2.10 bits per heavy atom. The molecule has 5 nitrogen and oxygen atoms in total. The molecule has 1 heterocycles. The van der Waals surface area contributed by atoms with E-state index < -0.39 is 5.91 Å². The molecule has 2 rings (SSSR count). The fourth-order valence-electron chi connectivity index (χ4n) is 1.69. The quantitative estimate of drug-likeness (QED) is 0.931. The molecule has 0 radical (unpaired) electrons. The fourth-order valence-corrected chi connectivity index (χ4v) is 2.09. The van der Waals surface area contributed by atoms with Gasteiger partial charge in [0, 0.05) is 36.0 Å². The highest BCUT2D eigenvalue weighted by molar-refractivity contribution is 9.10. The SMILES string of the molecule is CN(Cc1cc(Br)ccc1F)C(=O)c1nccnc1N. The van der Waals surface area contributed by atoms with Gasteiger partial charge in [0.25, 0.3) is 5.91 Å². The lowest BCUT2D eigenvalue weighted by Gasteiger charge is -2.17. The van der Waals surface area contributed by atoms with Crippen molar-refractivity contribution in [3.05, 3.63) is 52.1 Å². The van der Waals surface area contributed by atoms with Gasteiger partial charge in [0.1, 0.15) is 5.82 Å². The molecule has 0 atom stereocenters. The number of nitrogens with zero attached hydrogens (tertiary/aromatic N) is 3. The summed E-state index contributed by atoms with van der Waals surface area (Å²) in [5.74, 6) is -0.728. The number of nitrogens with two attached hydrogens (primary N) is 1. The predicted octanol–water partition coefficient (Wildman–Crippen LogP) is 2.23. The van der Waals surface area contributed by atoms with Gasteiger partial charge in [-0.2, -0.15) is 0 Å². The van der Waals surface area contributed by atoms with E-state index in [9.17, 15) is 9.18 Å². The average Bonchev–Trinajstić information content (AvgIpc) is 2.42. The van der Waals surface area contributed by atoms with Crippen LogP contribution in [0, 0.1) is 5.82 Å². The van der Waals surface area contributed by atoms with Crippen molar-refractivity contribution in [2.45, 2.75) is 6.54 Å². The number of anilines is 1. The number of amides is 1. The van der Waals surface area contributed by atoms with E-state index in [0.717, 1.165) is 4.47 Å². The number of carbonyl (C=O) groups excluding carboxylic acids is 1. The minimum Gasteiger partial charge on any atom is -0.382 e. The normalized spacial score (nSPS) is 10.3. The summed E-state index contributed by atoms with van der Waals surface area (Å²) in [5, 5.41) is 0. The topological polar surface area (TPSA) is 72.1 Å². The van der Waals surface area contributed by atoms with Crippen LogP contribution in [0.4, 0.5) is 10.2 Å². The smallest absolute Gasteiger partial charge is 0.276 e.